The Balaban J connectivity index is 2.28. The lowest BCUT2D eigenvalue weighted by Crippen LogP contribution is -2.10. The molecule has 0 radical (unpaired) electrons. The maximum absolute atomic E-state index is 9.02. The van der Waals surface area contributed by atoms with Gasteiger partial charge >= 0.3 is 0 Å². The van der Waals surface area contributed by atoms with Gasteiger partial charge in [0.15, 0.2) is 0 Å². The van der Waals surface area contributed by atoms with E-state index >= 15 is 0 Å². The van der Waals surface area contributed by atoms with Crippen LogP contribution in [0.15, 0.2) is 48.5 Å². The first-order valence-corrected chi connectivity index (χ1v) is 5.07. The fourth-order valence-electron chi connectivity index (χ4n) is 1.23. The average molecular weight is 218 g/mol. The molecular formula is C12H14N2O2. The van der Waals surface area contributed by atoms with E-state index in [4.69, 9.17) is 9.94 Å². The Morgan fingerprint density at radius 3 is 2.31 bits per heavy atom. The van der Waals surface area contributed by atoms with Gasteiger partial charge in [0.05, 0.1) is 5.69 Å². The molecule has 0 amide bonds. The Kier molecular flexibility index (Phi) is 3.36. The molecule has 0 bridgehead atoms. The summed E-state index contributed by atoms with van der Waals surface area (Å²) in [4.78, 5) is 4.75. The summed E-state index contributed by atoms with van der Waals surface area (Å²) in [6, 6.07) is 15.6. The summed E-state index contributed by atoms with van der Waals surface area (Å²) in [6.07, 6.45) is -0.844. The van der Waals surface area contributed by atoms with Gasteiger partial charge in [-0.1, -0.05) is 42.5 Å². The van der Waals surface area contributed by atoms with Crippen LogP contribution in [0.2, 0.25) is 0 Å². The Labute approximate surface area is 94.3 Å². The third kappa shape index (κ3) is 2.93. The minimum absolute atomic E-state index is 0.844. The van der Waals surface area contributed by atoms with Gasteiger partial charge in [0, 0.05) is 0 Å². The van der Waals surface area contributed by atoms with Gasteiger partial charge in [-0.3, -0.25) is 5.43 Å². The van der Waals surface area contributed by atoms with Gasteiger partial charge in [0.25, 0.3) is 6.41 Å². The first-order valence-electron chi connectivity index (χ1n) is 5.07. The van der Waals surface area contributed by atoms with Gasteiger partial charge in [-0.05, 0) is 23.7 Å². The number of nitrogens with zero attached hydrogens (tertiary/aromatic N) is 1. The number of aryl methyl sites for hydroxylation is 1. The number of aliphatic hydroxyl groups excluding tert-OH is 1. The van der Waals surface area contributed by atoms with Crippen molar-refractivity contribution in [3.05, 3.63) is 54.1 Å². The van der Waals surface area contributed by atoms with Crippen molar-refractivity contribution >= 4 is 5.69 Å². The summed E-state index contributed by atoms with van der Waals surface area (Å²) in [5.41, 5.74) is 4.89. The zero-order chi connectivity index (χ0) is 11.4. The van der Waals surface area contributed by atoms with E-state index in [0.29, 0.717) is 0 Å². The standard InChI is InChI=1S/C12H14N2O2/c1-10-8-6-4-2-3-5-7-9-11(10)13-14-12(15)16-14/h2-9,12-13,15H,1H3. The smallest absolute Gasteiger partial charge is 0.277 e. The van der Waals surface area contributed by atoms with Crippen LogP contribution in [0.1, 0.15) is 5.56 Å². The molecule has 16 heavy (non-hydrogen) atoms. The lowest BCUT2D eigenvalue weighted by Gasteiger charge is -2.04. The van der Waals surface area contributed by atoms with Crippen LogP contribution in [-0.4, -0.2) is 16.7 Å². The summed E-state index contributed by atoms with van der Waals surface area (Å²) in [5.74, 6) is 0. The molecule has 2 N–H and O–H groups in total. The topological polar surface area (TPSA) is 47.8 Å². The molecule has 84 valence electrons. The van der Waals surface area contributed by atoms with Gasteiger partial charge < -0.3 is 5.11 Å². The highest BCUT2D eigenvalue weighted by Gasteiger charge is 2.34. The van der Waals surface area contributed by atoms with E-state index < -0.39 is 6.41 Å². The minimum atomic E-state index is -0.844. The highest BCUT2D eigenvalue weighted by atomic mass is 16.9. The first-order chi connectivity index (χ1) is 7.77. The molecule has 2 atom stereocenters. The molecule has 2 rings (SSSR count). The van der Waals surface area contributed by atoms with E-state index in [9.17, 15) is 0 Å². The van der Waals surface area contributed by atoms with E-state index in [1.54, 1.807) is 0 Å². The number of hydroxylamine groups is 1. The van der Waals surface area contributed by atoms with Crippen LogP contribution in [0, 0.1) is 6.92 Å². The summed E-state index contributed by atoms with van der Waals surface area (Å²) in [7, 11) is 0. The van der Waals surface area contributed by atoms with Crippen LogP contribution in [-0.2, 0) is 4.84 Å². The molecule has 1 aliphatic heterocycles. The number of aliphatic hydroxyl groups is 1. The Bertz CT molecular complexity index is 422. The molecular weight excluding hydrogens is 204 g/mol. The van der Waals surface area contributed by atoms with E-state index in [1.165, 1.54) is 5.17 Å². The molecule has 0 aromatic heterocycles. The monoisotopic (exact) mass is 218 g/mol. The van der Waals surface area contributed by atoms with Crippen LogP contribution in [0.3, 0.4) is 0 Å². The summed E-state index contributed by atoms with van der Waals surface area (Å²) in [6.45, 7) is 1.98. The minimum Gasteiger partial charge on any atom is -0.352 e. The lowest BCUT2D eigenvalue weighted by atomic mass is 10.2. The van der Waals surface area contributed by atoms with Crippen LogP contribution in [0.25, 0.3) is 0 Å². The van der Waals surface area contributed by atoms with E-state index in [2.05, 4.69) is 5.43 Å². The van der Waals surface area contributed by atoms with Gasteiger partial charge in [-0.2, -0.15) is 0 Å². The van der Waals surface area contributed by atoms with Crippen molar-refractivity contribution in [2.75, 3.05) is 5.43 Å². The Morgan fingerprint density at radius 1 is 1.12 bits per heavy atom. The predicted octanol–water partition coefficient (Wildman–Crippen LogP) is 1.97. The van der Waals surface area contributed by atoms with Crippen molar-refractivity contribution in [2.24, 2.45) is 0 Å². The highest BCUT2D eigenvalue weighted by Crippen LogP contribution is 2.20. The Hall–Kier alpha value is -1.62. The molecule has 1 saturated heterocycles. The van der Waals surface area contributed by atoms with Gasteiger partial charge in [-0.25, -0.2) is 4.84 Å². The fraction of sp³-hybridized carbons (Fsp3) is 0.167. The van der Waals surface area contributed by atoms with Crippen molar-refractivity contribution in [3.8, 4) is 0 Å². The van der Waals surface area contributed by atoms with Crippen molar-refractivity contribution in [3.63, 3.8) is 0 Å². The SMILES string of the molecule is Cc1ccccccccc1NN1OC1O. The third-order valence-electron chi connectivity index (χ3n) is 2.18. The van der Waals surface area contributed by atoms with Gasteiger partial charge in [-0.15, -0.1) is 0 Å². The number of hydrogen-bond acceptors (Lipinski definition) is 4. The van der Waals surface area contributed by atoms with Crippen LogP contribution in [0.5, 0.6) is 0 Å². The molecule has 1 aromatic carbocycles. The van der Waals surface area contributed by atoms with Gasteiger partial charge in [0.1, 0.15) is 0 Å². The molecule has 0 aliphatic carbocycles. The molecule has 1 aromatic rings. The molecule has 2 unspecified atom stereocenters. The van der Waals surface area contributed by atoms with Crippen molar-refractivity contribution in [1.82, 2.24) is 5.17 Å². The maximum Gasteiger partial charge on any atom is 0.277 e. The molecule has 0 spiro atoms. The van der Waals surface area contributed by atoms with Crippen molar-refractivity contribution < 1.29 is 9.94 Å². The first kappa shape index (κ1) is 10.9. The number of rotatable bonds is 2. The second kappa shape index (κ2) is 4.94. The summed E-state index contributed by atoms with van der Waals surface area (Å²) in [5, 5.41) is 10.3. The van der Waals surface area contributed by atoms with Crippen LogP contribution >= 0.6 is 0 Å². The van der Waals surface area contributed by atoms with Crippen LogP contribution < -0.4 is 5.43 Å². The Morgan fingerprint density at radius 2 is 1.69 bits per heavy atom. The number of hydrogen-bond donors (Lipinski definition) is 2. The lowest BCUT2D eigenvalue weighted by molar-refractivity contribution is 0.152. The largest absolute Gasteiger partial charge is 0.352 e. The van der Waals surface area contributed by atoms with E-state index in [0.717, 1.165) is 11.3 Å². The normalized spacial score (nSPS) is 22.1. The van der Waals surface area contributed by atoms with Crippen molar-refractivity contribution in [1.29, 1.82) is 0 Å². The molecule has 4 nitrogen and oxygen atoms in total. The quantitative estimate of drug-likeness (QED) is 0.745. The fourth-order valence-corrected chi connectivity index (χ4v) is 1.23. The molecule has 4 heteroatoms. The van der Waals surface area contributed by atoms with Crippen molar-refractivity contribution in [2.45, 2.75) is 13.3 Å². The summed E-state index contributed by atoms with van der Waals surface area (Å²) < 4.78 is 0. The number of nitrogens with one attached hydrogen (secondary N) is 1. The average Bonchev–Trinajstić information content (AvgIpc) is 2.96. The van der Waals surface area contributed by atoms with Crippen LogP contribution in [0.4, 0.5) is 5.69 Å². The summed E-state index contributed by atoms with van der Waals surface area (Å²) >= 11 is 0. The molecule has 0 saturated carbocycles. The molecule has 1 fully saturated rings. The number of anilines is 1. The van der Waals surface area contributed by atoms with Gasteiger partial charge in [0.2, 0.25) is 0 Å². The predicted molar refractivity (Wildman–Crippen MR) is 61.4 cm³/mol. The molecule has 1 aliphatic rings. The zero-order valence-electron chi connectivity index (χ0n) is 9.00. The highest BCUT2D eigenvalue weighted by molar-refractivity contribution is 5.47. The maximum atomic E-state index is 9.02. The van der Waals surface area contributed by atoms with E-state index in [1.807, 2.05) is 55.5 Å². The molecule has 1 heterocycles. The second-order valence-corrected chi connectivity index (χ2v) is 3.45. The third-order valence-corrected chi connectivity index (χ3v) is 2.18. The number of hydrazine groups is 1. The second-order valence-electron chi connectivity index (χ2n) is 3.45. The zero-order valence-corrected chi connectivity index (χ0v) is 9.00. The van der Waals surface area contributed by atoms with E-state index in [-0.39, 0.29) is 0 Å².